The third-order valence-electron chi connectivity index (χ3n) is 3.12. The molecule has 0 aromatic carbocycles. The zero-order valence-electron chi connectivity index (χ0n) is 10.8. The van der Waals surface area contributed by atoms with Crippen LogP contribution in [0.25, 0.3) is 0 Å². The molecule has 5 heteroatoms. The van der Waals surface area contributed by atoms with Gasteiger partial charge in [-0.3, -0.25) is 0 Å². The van der Waals surface area contributed by atoms with Gasteiger partial charge < -0.3 is 20.1 Å². The van der Waals surface area contributed by atoms with E-state index in [-0.39, 0.29) is 24.8 Å². The Kier molecular flexibility index (Phi) is 6.29. The molecule has 2 amide bonds. The molecule has 0 aliphatic carbocycles. The molecular formula is C12H24N2O3. The summed E-state index contributed by atoms with van der Waals surface area (Å²) in [6.45, 7) is 5.87. The van der Waals surface area contributed by atoms with E-state index in [2.05, 4.69) is 12.2 Å². The lowest BCUT2D eigenvalue weighted by Gasteiger charge is -2.25. The van der Waals surface area contributed by atoms with Gasteiger partial charge in [0.1, 0.15) is 0 Å². The molecule has 1 saturated heterocycles. The van der Waals surface area contributed by atoms with Crippen LogP contribution in [0.2, 0.25) is 0 Å². The molecule has 1 fully saturated rings. The third-order valence-corrected chi connectivity index (χ3v) is 3.12. The molecule has 100 valence electrons. The first kappa shape index (κ1) is 14.3. The van der Waals surface area contributed by atoms with Crippen molar-refractivity contribution in [2.75, 3.05) is 26.3 Å². The van der Waals surface area contributed by atoms with Crippen molar-refractivity contribution in [2.24, 2.45) is 0 Å². The van der Waals surface area contributed by atoms with Gasteiger partial charge >= 0.3 is 6.03 Å². The summed E-state index contributed by atoms with van der Waals surface area (Å²) in [6.07, 6.45) is 2.96. The van der Waals surface area contributed by atoms with Crippen LogP contribution in [0.4, 0.5) is 4.79 Å². The fraction of sp³-hybridized carbons (Fsp3) is 0.917. The van der Waals surface area contributed by atoms with Crippen molar-refractivity contribution in [3.05, 3.63) is 0 Å². The van der Waals surface area contributed by atoms with Crippen LogP contribution < -0.4 is 5.32 Å². The highest BCUT2D eigenvalue weighted by molar-refractivity contribution is 5.74. The second-order valence-corrected chi connectivity index (χ2v) is 4.48. The van der Waals surface area contributed by atoms with Crippen LogP contribution in [0.1, 0.15) is 33.1 Å². The van der Waals surface area contributed by atoms with Crippen LogP contribution in [0.15, 0.2) is 0 Å². The van der Waals surface area contributed by atoms with E-state index in [1.165, 1.54) is 0 Å². The Morgan fingerprint density at radius 3 is 2.82 bits per heavy atom. The second-order valence-electron chi connectivity index (χ2n) is 4.48. The monoisotopic (exact) mass is 244 g/mol. The number of amides is 2. The van der Waals surface area contributed by atoms with Crippen molar-refractivity contribution in [1.29, 1.82) is 0 Å². The largest absolute Gasteiger partial charge is 0.395 e. The molecule has 5 nitrogen and oxygen atoms in total. The highest BCUT2D eigenvalue weighted by Gasteiger charge is 2.27. The molecule has 2 atom stereocenters. The summed E-state index contributed by atoms with van der Waals surface area (Å²) in [5.74, 6) is 0. The molecule has 0 aromatic rings. The molecule has 17 heavy (non-hydrogen) atoms. The molecule has 0 radical (unpaired) electrons. The Balaban J connectivity index is 2.40. The van der Waals surface area contributed by atoms with Crippen molar-refractivity contribution >= 4 is 6.03 Å². The number of aliphatic hydroxyl groups is 1. The minimum Gasteiger partial charge on any atom is -0.395 e. The van der Waals surface area contributed by atoms with E-state index in [0.29, 0.717) is 19.7 Å². The summed E-state index contributed by atoms with van der Waals surface area (Å²) in [7, 11) is 0. The van der Waals surface area contributed by atoms with Gasteiger partial charge in [-0.05, 0) is 19.8 Å². The minimum atomic E-state index is -0.0881. The molecule has 1 heterocycles. The standard InChI is InChI=1S/C12H24N2O3/c1-3-4-6-14(7-8-15)12(16)13-11-5-9-17-10(11)2/h10-11,15H,3-9H2,1-2H3,(H,13,16). The first-order chi connectivity index (χ1) is 8.19. The second kappa shape index (κ2) is 7.50. The Bertz CT molecular complexity index is 236. The van der Waals surface area contributed by atoms with Gasteiger partial charge in [0.05, 0.1) is 18.8 Å². The summed E-state index contributed by atoms with van der Waals surface area (Å²) >= 11 is 0. The lowest BCUT2D eigenvalue weighted by molar-refractivity contribution is 0.111. The molecule has 1 aliphatic heterocycles. The lowest BCUT2D eigenvalue weighted by Crippen LogP contribution is -2.48. The van der Waals surface area contributed by atoms with Gasteiger partial charge in [-0.1, -0.05) is 13.3 Å². The Labute approximate surface area is 103 Å². The first-order valence-electron chi connectivity index (χ1n) is 6.47. The van der Waals surface area contributed by atoms with Crippen molar-refractivity contribution < 1.29 is 14.6 Å². The molecule has 1 aliphatic rings. The van der Waals surface area contributed by atoms with Gasteiger partial charge in [0.25, 0.3) is 0 Å². The van der Waals surface area contributed by atoms with E-state index in [9.17, 15) is 4.79 Å². The van der Waals surface area contributed by atoms with E-state index in [1.807, 2.05) is 6.92 Å². The zero-order valence-corrected chi connectivity index (χ0v) is 10.8. The van der Waals surface area contributed by atoms with E-state index < -0.39 is 0 Å². The van der Waals surface area contributed by atoms with E-state index in [1.54, 1.807) is 4.90 Å². The Hall–Kier alpha value is -0.810. The molecule has 2 N–H and O–H groups in total. The number of nitrogens with zero attached hydrogens (tertiary/aromatic N) is 1. The highest BCUT2D eigenvalue weighted by Crippen LogP contribution is 2.13. The fourth-order valence-corrected chi connectivity index (χ4v) is 1.96. The lowest BCUT2D eigenvalue weighted by atomic mass is 10.1. The molecule has 0 aromatic heterocycles. The van der Waals surface area contributed by atoms with Crippen LogP contribution in [0, 0.1) is 0 Å². The van der Waals surface area contributed by atoms with E-state index in [0.717, 1.165) is 19.3 Å². The SMILES string of the molecule is CCCCN(CCO)C(=O)NC1CCOC1C. The van der Waals surface area contributed by atoms with Crippen LogP contribution in [-0.4, -0.2) is 54.5 Å². The maximum atomic E-state index is 12.0. The number of ether oxygens (including phenoxy) is 1. The summed E-state index contributed by atoms with van der Waals surface area (Å²) in [6, 6.07) is 0.0140. The molecule has 0 saturated carbocycles. The van der Waals surface area contributed by atoms with Gasteiger partial charge in [-0.15, -0.1) is 0 Å². The van der Waals surface area contributed by atoms with Crippen molar-refractivity contribution in [3.63, 3.8) is 0 Å². The minimum absolute atomic E-state index is 0.00779. The zero-order chi connectivity index (χ0) is 12.7. The van der Waals surface area contributed by atoms with Crippen molar-refractivity contribution in [2.45, 2.75) is 45.3 Å². The van der Waals surface area contributed by atoms with Gasteiger partial charge in [0.15, 0.2) is 0 Å². The summed E-state index contributed by atoms with van der Waals surface area (Å²) in [5, 5.41) is 11.9. The summed E-state index contributed by atoms with van der Waals surface area (Å²) < 4.78 is 5.40. The number of urea groups is 1. The van der Waals surface area contributed by atoms with Gasteiger partial charge in [0.2, 0.25) is 0 Å². The Morgan fingerprint density at radius 1 is 1.53 bits per heavy atom. The highest BCUT2D eigenvalue weighted by atomic mass is 16.5. The molecule has 1 rings (SSSR count). The number of unbranched alkanes of at least 4 members (excludes halogenated alkanes) is 1. The van der Waals surface area contributed by atoms with Crippen LogP contribution in [-0.2, 0) is 4.74 Å². The number of hydrogen-bond acceptors (Lipinski definition) is 3. The van der Waals surface area contributed by atoms with Crippen molar-refractivity contribution in [3.8, 4) is 0 Å². The topological polar surface area (TPSA) is 61.8 Å². The average molecular weight is 244 g/mol. The quantitative estimate of drug-likeness (QED) is 0.732. The third kappa shape index (κ3) is 4.52. The van der Waals surface area contributed by atoms with Crippen LogP contribution >= 0.6 is 0 Å². The Morgan fingerprint density at radius 2 is 2.29 bits per heavy atom. The van der Waals surface area contributed by atoms with E-state index in [4.69, 9.17) is 9.84 Å². The molecule has 0 bridgehead atoms. The predicted molar refractivity (Wildman–Crippen MR) is 65.9 cm³/mol. The maximum absolute atomic E-state index is 12.0. The normalized spacial score (nSPS) is 23.7. The number of rotatable bonds is 6. The number of carbonyl (C=O) groups is 1. The van der Waals surface area contributed by atoms with Gasteiger partial charge in [-0.2, -0.15) is 0 Å². The average Bonchev–Trinajstić information content (AvgIpc) is 2.70. The smallest absolute Gasteiger partial charge is 0.317 e. The maximum Gasteiger partial charge on any atom is 0.317 e. The number of carbonyl (C=O) groups excluding carboxylic acids is 1. The fourth-order valence-electron chi connectivity index (χ4n) is 1.96. The number of hydrogen-bond donors (Lipinski definition) is 2. The number of aliphatic hydroxyl groups excluding tert-OH is 1. The predicted octanol–water partition coefficient (Wildman–Crippen LogP) is 0.968. The van der Waals surface area contributed by atoms with E-state index >= 15 is 0 Å². The summed E-state index contributed by atoms with van der Waals surface area (Å²) in [5.41, 5.74) is 0. The van der Waals surface area contributed by atoms with Crippen molar-refractivity contribution in [1.82, 2.24) is 10.2 Å². The molecule has 0 spiro atoms. The first-order valence-corrected chi connectivity index (χ1v) is 6.47. The summed E-state index contributed by atoms with van der Waals surface area (Å²) in [4.78, 5) is 13.7. The van der Waals surface area contributed by atoms with Gasteiger partial charge in [0, 0.05) is 19.7 Å². The van der Waals surface area contributed by atoms with Crippen LogP contribution in [0.5, 0.6) is 0 Å². The number of nitrogens with one attached hydrogen (secondary N) is 1. The van der Waals surface area contributed by atoms with Crippen LogP contribution in [0.3, 0.4) is 0 Å². The molecular weight excluding hydrogens is 220 g/mol. The van der Waals surface area contributed by atoms with Gasteiger partial charge in [-0.25, -0.2) is 4.79 Å². The molecule has 2 unspecified atom stereocenters.